The molecule has 0 aliphatic rings. The van der Waals surface area contributed by atoms with Crippen molar-refractivity contribution in [1.82, 2.24) is 39.5 Å². The fourth-order valence-corrected chi connectivity index (χ4v) is 3.24. The average molecular weight is 378 g/mol. The summed E-state index contributed by atoms with van der Waals surface area (Å²) in [6.07, 6.45) is 7.37. The summed E-state index contributed by atoms with van der Waals surface area (Å²) in [6, 6.07) is 6.33. The molecule has 0 unspecified atom stereocenters. The van der Waals surface area contributed by atoms with E-state index in [9.17, 15) is 4.79 Å². The standard InChI is InChI=1S/C19H22N8O/c1-13-9-14(2)11-15(10-13)27-18(4-3-16-22-19(28)24-23-16)21-17(25-27)5-7-26-8-6-20-12-26/h6,8-12H,3-5,7H2,1-2H3,(H2,22,23,24,28). The van der Waals surface area contributed by atoms with Gasteiger partial charge in [-0.25, -0.2) is 24.5 Å². The van der Waals surface area contributed by atoms with Crippen LogP contribution in [0.5, 0.6) is 0 Å². The maximum Gasteiger partial charge on any atom is 0.340 e. The Kier molecular flexibility index (Phi) is 4.88. The van der Waals surface area contributed by atoms with Gasteiger partial charge in [0, 0.05) is 38.2 Å². The summed E-state index contributed by atoms with van der Waals surface area (Å²) in [5.74, 6) is 2.23. The summed E-state index contributed by atoms with van der Waals surface area (Å²) in [5, 5.41) is 11.1. The summed E-state index contributed by atoms with van der Waals surface area (Å²) < 4.78 is 3.90. The van der Waals surface area contributed by atoms with Gasteiger partial charge in [-0.3, -0.25) is 4.98 Å². The number of H-pyrrole nitrogens is 2. The molecule has 0 radical (unpaired) electrons. The van der Waals surface area contributed by atoms with Gasteiger partial charge in [-0.2, -0.15) is 10.2 Å². The van der Waals surface area contributed by atoms with Gasteiger partial charge in [0.15, 0.2) is 5.82 Å². The van der Waals surface area contributed by atoms with Gasteiger partial charge in [-0.05, 0) is 37.1 Å². The third-order valence-electron chi connectivity index (χ3n) is 4.46. The minimum Gasteiger partial charge on any atom is -0.337 e. The molecule has 28 heavy (non-hydrogen) atoms. The first-order valence-corrected chi connectivity index (χ1v) is 9.19. The Labute approximate surface area is 161 Å². The molecule has 3 heterocycles. The summed E-state index contributed by atoms with van der Waals surface area (Å²) >= 11 is 0. The van der Waals surface area contributed by atoms with Crippen LogP contribution in [0.1, 0.15) is 28.6 Å². The lowest BCUT2D eigenvalue weighted by Crippen LogP contribution is -2.07. The molecule has 0 spiro atoms. The Morgan fingerprint density at radius 2 is 1.89 bits per heavy atom. The molecule has 0 aliphatic carbocycles. The fraction of sp³-hybridized carbons (Fsp3) is 0.316. The monoisotopic (exact) mass is 378 g/mol. The van der Waals surface area contributed by atoms with E-state index in [1.807, 2.05) is 15.4 Å². The molecule has 0 bridgehead atoms. The van der Waals surface area contributed by atoms with Crippen molar-refractivity contribution in [3.63, 3.8) is 0 Å². The van der Waals surface area contributed by atoms with Gasteiger partial charge in [-0.15, -0.1) is 0 Å². The van der Waals surface area contributed by atoms with Crippen LogP contribution < -0.4 is 5.69 Å². The van der Waals surface area contributed by atoms with Gasteiger partial charge in [-0.1, -0.05) is 6.07 Å². The van der Waals surface area contributed by atoms with Crippen molar-refractivity contribution >= 4 is 0 Å². The maximum atomic E-state index is 11.3. The number of hydrogen-bond acceptors (Lipinski definition) is 5. The average Bonchev–Trinajstić information content (AvgIpc) is 3.38. The molecule has 1 aromatic carbocycles. The summed E-state index contributed by atoms with van der Waals surface area (Å²) in [7, 11) is 0. The lowest BCUT2D eigenvalue weighted by atomic mass is 10.1. The molecule has 3 aromatic heterocycles. The second kappa shape index (κ2) is 7.63. The number of aromatic nitrogens is 8. The minimum absolute atomic E-state index is 0.299. The molecule has 9 nitrogen and oxygen atoms in total. The zero-order valence-electron chi connectivity index (χ0n) is 15.9. The Bertz CT molecular complexity index is 1100. The molecule has 0 saturated carbocycles. The molecule has 9 heteroatoms. The molecule has 2 N–H and O–H groups in total. The second-order valence-electron chi connectivity index (χ2n) is 6.88. The van der Waals surface area contributed by atoms with Crippen molar-refractivity contribution in [2.75, 3.05) is 0 Å². The lowest BCUT2D eigenvalue weighted by molar-refractivity contribution is 0.667. The Morgan fingerprint density at radius 3 is 2.57 bits per heavy atom. The summed E-state index contributed by atoms with van der Waals surface area (Å²) in [4.78, 5) is 22.8. The Balaban J connectivity index is 1.61. The van der Waals surface area contributed by atoms with Crippen LogP contribution in [-0.2, 0) is 25.8 Å². The van der Waals surface area contributed by atoms with Gasteiger partial charge in [0.2, 0.25) is 0 Å². The van der Waals surface area contributed by atoms with Crippen LogP contribution in [0.4, 0.5) is 0 Å². The van der Waals surface area contributed by atoms with Crippen LogP contribution in [0.15, 0.2) is 41.7 Å². The lowest BCUT2D eigenvalue weighted by Gasteiger charge is -2.08. The summed E-state index contributed by atoms with van der Waals surface area (Å²) in [5.41, 5.74) is 3.04. The van der Waals surface area contributed by atoms with Crippen molar-refractivity contribution in [2.24, 2.45) is 0 Å². The van der Waals surface area contributed by atoms with Gasteiger partial charge in [0.1, 0.15) is 11.6 Å². The highest BCUT2D eigenvalue weighted by atomic mass is 16.1. The van der Waals surface area contributed by atoms with E-state index in [4.69, 9.17) is 10.1 Å². The molecule has 4 rings (SSSR count). The minimum atomic E-state index is -0.299. The van der Waals surface area contributed by atoms with E-state index in [2.05, 4.69) is 52.2 Å². The van der Waals surface area contributed by atoms with Crippen LogP contribution in [-0.4, -0.2) is 39.5 Å². The van der Waals surface area contributed by atoms with Crippen molar-refractivity contribution in [1.29, 1.82) is 0 Å². The molecule has 0 saturated heterocycles. The first-order valence-electron chi connectivity index (χ1n) is 9.19. The molecule has 0 atom stereocenters. The van der Waals surface area contributed by atoms with E-state index in [1.54, 1.807) is 12.5 Å². The van der Waals surface area contributed by atoms with Crippen LogP contribution in [0.2, 0.25) is 0 Å². The predicted octanol–water partition coefficient (Wildman–Crippen LogP) is 1.52. The fourth-order valence-electron chi connectivity index (χ4n) is 3.24. The zero-order chi connectivity index (χ0) is 19.5. The molecular formula is C19H22N8O. The van der Waals surface area contributed by atoms with Crippen molar-refractivity contribution in [3.05, 3.63) is 76.0 Å². The van der Waals surface area contributed by atoms with E-state index in [0.29, 0.717) is 25.1 Å². The quantitative estimate of drug-likeness (QED) is 0.507. The first-order chi connectivity index (χ1) is 13.6. The molecule has 0 aliphatic heterocycles. The first kappa shape index (κ1) is 17.9. The van der Waals surface area contributed by atoms with Gasteiger partial charge in [0.05, 0.1) is 12.0 Å². The van der Waals surface area contributed by atoms with Crippen LogP contribution in [0, 0.1) is 13.8 Å². The third-order valence-corrected chi connectivity index (χ3v) is 4.46. The molecule has 0 fully saturated rings. The second-order valence-corrected chi connectivity index (χ2v) is 6.88. The van der Waals surface area contributed by atoms with Crippen molar-refractivity contribution in [2.45, 2.75) is 39.7 Å². The van der Waals surface area contributed by atoms with Crippen LogP contribution in [0.3, 0.4) is 0 Å². The van der Waals surface area contributed by atoms with E-state index in [-0.39, 0.29) is 5.69 Å². The molecule has 144 valence electrons. The van der Waals surface area contributed by atoms with E-state index < -0.39 is 0 Å². The van der Waals surface area contributed by atoms with E-state index in [1.165, 1.54) is 11.1 Å². The highest BCUT2D eigenvalue weighted by Gasteiger charge is 2.13. The highest BCUT2D eigenvalue weighted by Crippen LogP contribution is 2.16. The Morgan fingerprint density at radius 1 is 1.07 bits per heavy atom. The van der Waals surface area contributed by atoms with E-state index >= 15 is 0 Å². The molecule has 0 amide bonds. The molecule has 4 aromatic rings. The number of aryl methyl sites for hydroxylation is 6. The number of benzene rings is 1. The van der Waals surface area contributed by atoms with Gasteiger partial charge in [0.25, 0.3) is 0 Å². The summed E-state index contributed by atoms with van der Waals surface area (Å²) in [6.45, 7) is 4.91. The smallest absolute Gasteiger partial charge is 0.337 e. The van der Waals surface area contributed by atoms with Gasteiger partial charge >= 0.3 is 5.69 Å². The number of imidazole rings is 1. The SMILES string of the molecule is Cc1cc(C)cc(-n2nc(CCn3ccnc3)nc2CCc2n[nH]c(=O)[nH]2)c1. The molecular weight excluding hydrogens is 356 g/mol. The van der Waals surface area contributed by atoms with Gasteiger partial charge < -0.3 is 4.57 Å². The maximum absolute atomic E-state index is 11.3. The largest absolute Gasteiger partial charge is 0.340 e. The van der Waals surface area contributed by atoms with Crippen molar-refractivity contribution in [3.8, 4) is 5.69 Å². The normalized spacial score (nSPS) is 11.2. The topological polar surface area (TPSA) is 110 Å². The third kappa shape index (κ3) is 4.08. The zero-order valence-corrected chi connectivity index (χ0v) is 15.9. The van der Waals surface area contributed by atoms with Crippen LogP contribution in [0.25, 0.3) is 5.69 Å². The van der Waals surface area contributed by atoms with Crippen LogP contribution >= 0.6 is 0 Å². The number of nitrogens with zero attached hydrogens (tertiary/aromatic N) is 6. The predicted molar refractivity (Wildman–Crippen MR) is 103 cm³/mol. The Hall–Kier alpha value is -3.49. The number of rotatable bonds is 7. The number of aromatic amines is 2. The number of nitrogens with one attached hydrogen (secondary N) is 2. The van der Waals surface area contributed by atoms with Crippen molar-refractivity contribution < 1.29 is 0 Å². The highest BCUT2D eigenvalue weighted by molar-refractivity contribution is 5.39. The van der Waals surface area contributed by atoms with E-state index in [0.717, 1.165) is 23.9 Å². The number of hydrogen-bond donors (Lipinski definition) is 2.